The highest BCUT2D eigenvalue weighted by molar-refractivity contribution is 7.81. The monoisotopic (exact) mass is 202 g/mol. The van der Waals surface area contributed by atoms with Crippen molar-refractivity contribution in [1.82, 2.24) is 0 Å². The highest BCUT2D eigenvalue weighted by atomic mass is 32.3. The summed E-state index contributed by atoms with van der Waals surface area (Å²) in [6.07, 6.45) is 0.238. The van der Waals surface area contributed by atoms with E-state index in [1.807, 2.05) is 6.92 Å². The Balaban J connectivity index is 3.51. The Labute approximate surface area is 71.1 Å². The molecule has 1 atom stereocenters. The van der Waals surface area contributed by atoms with E-state index in [1.165, 1.54) is 0 Å². The summed E-state index contributed by atoms with van der Waals surface area (Å²) < 4.78 is 47.3. The van der Waals surface area contributed by atoms with Crippen LogP contribution in [0.1, 0.15) is 26.2 Å². The van der Waals surface area contributed by atoms with Crippen molar-refractivity contribution in [2.45, 2.75) is 32.4 Å². The molecule has 0 heterocycles. The molecular formula is C6H12F2O3S. The summed E-state index contributed by atoms with van der Waals surface area (Å²) in [6.45, 7) is 1.15. The first-order chi connectivity index (χ1) is 5.45. The van der Waals surface area contributed by atoms with Gasteiger partial charge in [0.05, 0.1) is 0 Å². The van der Waals surface area contributed by atoms with Crippen molar-refractivity contribution in [1.29, 1.82) is 0 Å². The third-order valence-corrected chi connectivity index (χ3v) is 1.68. The highest BCUT2D eigenvalue weighted by Gasteiger charge is 2.12. The lowest BCUT2D eigenvalue weighted by Crippen LogP contribution is -2.12. The molecule has 3 nitrogen and oxygen atoms in total. The lowest BCUT2D eigenvalue weighted by Gasteiger charge is -2.04. The van der Waals surface area contributed by atoms with E-state index in [4.69, 9.17) is 0 Å². The molecule has 0 saturated heterocycles. The maximum atomic E-state index is 12.6. The average molecular weight is 202 g/mol. The van der Waals surface area contributed by atoms with Crippen LogP contribution in [0.5, 0.6) is 0 Å². The Hall–Kier alpha value is -0.230. The summed E-state index contributed by atoms with van der Waals surface area (Å²) in [5, 5.41) is 0. The van der Waals surface area contributed by atoms with Gasteiger partial charge in [-0.15, -0.1) is 0 Å². The minimum atomic E-state index is -4.98. The molecule has 0 amide bonds. The van der Waals surface area contributed by atoms with E-state index in [0.717, 1.165) is 6.42 Å². The molecule has 0 fully saturated rings. The first kappa shape index (κ1) is 11.8. The molecule has 0 aromatic rings. The molecule has 74 valence electrons. The molecule has 0 aliphatic carbocycles. The fourth-order valence-electron chi connectivity index (χ4n) is 0.664. The summed E-state index contributed by atoms with van der Waals surface area (Å²) in [5.74, 6) is 0. The van der Waals surface area contributed by atoms with Gasteiger partial charge in [0.1, 0.15) is 12.8 Å². The summed E-state index contributed by atoms with van der Waals surface area (Å²) in [7, 11) is -4.98. The van der Waals surface area contributed by atoms with Crippen LogP contribution >= 0.6 is 0 Å². The molecule has 0 rings (SSSR count). The van der Waals surface area contributed by atoms with Crippen LogP contribution in [0, 0.1) is 0 Å². The standard InChI is InChI=1S/C6H12F2O3S/c1-2-3-4-6(7)5-11-12(8,9)10/h6H,2-5H2,1H3. The Morgan fingerprint density at radius 1 is 1.50 bits per heavy atom. The molecule has 0 aromatic carbocycles. The summed E-state index contributed by atoms with van der Waals surface area (Å²) in [4.78, 5) is 0. The van der Waals surface area contributed by atoms with Crippen molar-refractivity contribution in [3.63, 3.8) is 0 Å². The van der Waals surface area contributed by atoms with Crippen LogP contribution in [0.15, 0.2) is 0 Å². The van der Waals surface area contributed by atoms with Gasteiger partial charge < -0.3 is 0 Å². The van der Waals surface area contributed by atoms with Gasteiger partial charge in [-0.3, -0.25) is 0 Å². The minimum Gasteiger partial charge on any atom is -0.245 e. The van der Waals surface area contributed by atoms with Crippen molar-refractivity contribution in [3.05, 3.63) is 0 Å². The van der Waals surface area contributed by atoms with Crippen LogP contribution in [0.2, 0.25) is 0 Å². The molecular weight excluding hydrogens is 190 g/mol. The second-order valence-corrected chi connectivity index (χ2v) is 3.44. The van der Waals surface area contributed by atoms with Gasteiger partial charge in [0, 0.05) is 0 Å². The average Bonchev–Trinajstić information content (AvgIpc) is 1.95. The van der Waals surface area contributed by atoms with Crippen molar-refractivity contribution in [2.24, 2.45) is 0 Å². The third-order valence-electron chi connectivity index (χ3n) is 1.26. The molecule has 0 aromatic heterocycles. The first-order valence-corrected chi connectivity index (χ1v) is 4.99. The maximum absolute atomic E-state index is 12.6. The smallest absolute Gasteiger partial charge is 0.245 e. The van der Waals surface area contributed by atoms with Crippen LogP contribution in [-0.4, -0.2) is 21.2 Å². The second-order valence-electron chi connectivity index (χ2n) is 2.42. The van der Waals surface area contributed by atoms with Crippen LogP contribution in [0.25, 0.3) is 0 Å². The third kappa shape index (κ3) is 7.87. The van der Waals surface area contributed by atoms with E-state index >= 15 is 0 Å². The predicted octanol–water partition coefficient (Wildman–Crippen LogP) is 1.75. The molecule has 0 N–H and O–H groups in total. The van der Waals surface area contributed by atoms with E-state index in [9.17, 15) is 16.7 Å². The molecule has 0 aliphatic rings. The SMILES string of the molecule is CCCCC(F)COS(=O)(=O)F. The van der Waals surface area contributed by atoms with Gasteiger partial charge in [0.2, 0.25) is 0 Å². The number of hydrogen-bond acceptors (Lipinski definition) is 3. The van der Waals surface area contributed by atoms with Gasteiger partial charge in [0.25, 0.3) is 0 Å². The van der Waals surface area contributed by atoms with Crippen LogP contribution < -0.4 is 0 Å². The molecule has 0 spiro atoms. The van der Waals surface area contributed by atoms with E-state index < -0.39 is 23.3 Å². The van der Waals surface area contributed by atoms with Crippen molar-refractivity contribution < 1.29 is 20.9 Å². The lowest BCUT2D eigenvalue weighted by atomic mass is 10.2. The van der Waals surface area contributed by atoms with Gasteiger partial charge in [-0.05, 0) is 6.42 Å². The van der Waals surface area contributed by atoms with E-state index in [-0.39, 0.29) is 6.42 Å². The van der Waals surface area contributed by atoms with Crippen molar-refractivity contribution >= 4 is 10.5 Å². The van der Waals surface area contributed by atoms with Gasteiger partial charge in [-0.2, -0.15) is 8.42 Å². The zero-order chi connectivity index (χ0) is 9.61. The molecule has 0 saturated carbocycles. The Morgan fingerprint density at radius 3 is 2.50 bits per heavy atom. The second kappa shape index (κ2) is 5.42. The van der Waals surface area contributed by atoms with Gasteiger partial charge in [-0.1, -0.05) is 23.7 Å². The topological polar surface area (TPSA) is 43.4 Å². The maximum Gasteiger partial charge on any atom is 0.437 e. The lowest BCUT2D eigenvalue weighted by molar-refractivity contribution is 0.181. The Kier molecular flexibility index (Phi) is 5.32. The quantitative estimate of drug-likeness (QED) is 0.616. The first-order valence-electron chi connectivity index (χ1n) is 3.68. The zero-order valence-corrected chi connectivity index (χ0v) is 7.61. The molecule has 6 heteroatoms. The molecule has 0 bridgehead atoms. The van der Waals surface area contributed by atoms with E-state index in [0.29, 0.717) is 6.42 Å². The Bertz CT molecular complexity index is 203. The largest absolute Gasteiger partial charge is 0.437 e. The van der Waals surface area contributed by atoms with Crippen molar-refractivity contribution in [3.8, 4) is 0 Å². The normalized spacial score (nSPS) is 14.6. The zero-order valence-electron chi connectivity index (χ0n) is 6.79. The van der Waals surface area contributed by atoms with E-state index in [2.05, 4.69) is 4.18 Å². The van der Waals surface area contributed by atoms with Crippen molar-refractivity contribution in [2.75, 3.05) is 6.61 Å². The molecule has 0 radical (unpaired) electrons. The Morgan fingerprint density at radius 2 is 2.08 bits per heavy atom. The summed E-state index contributed by atoms with van der Waals surface area (Å²) in [6, 6.07) is 0. The summed E-state index contributed by atoms with van der Waals surface area (Å²) >= 11 is 0. The molecule has 1 unspecified atom stereocenters. The number of hydrogen-bond donors (Lipinski definition) is 0. The van der Waals surface area contributed by atoms with Gasteiger partial charge in [-0.25, -0.2) is 8.57 Å². The number of alkyl halides is 1. The fourth-order valence-corrected chi connectivity index (χ4v) is 0.974. The van der Waals surface area contributed by atoms with Crippen LogP contribution in [0.3, 0.4) is 0 Å². The molecule has 12 heavy (non-hydrogen) atoms. The van der Waals surface area contributed by atoms with Crippen LogP contribution in [-0.2, 0) is 14.7 Å². The highest BCUT2D eigenvalue weighted by Crippen LogP contribution is 2.06. The number of rotatable bonds is 6. The van der Waals surface area contributed by atoms with Gasteiger partial charge >= 0.3 is 10.5 Å². The van der Waals surface area contributed by atoms with Gasteiger partial charge in [0.15, 0.2) is 0 Å². The number of halogens is 2. The minimum absolute atomic E-state index is 0.200. The van der Waals surface area contributed by atoms with Crippen LogP contribution in [0.4, 0.5) is 8.28 Å². The predicted molar refractivity (Wildman–Crippen MR) is 40.4 cm³/mol. The fraction of sp³-hybridized carbons (Fsp3) is 1.00. The van der Waals surface area contributed by atoms with E-state index in [1.54, 1.807) is 0 Å². The number of unbranched alkanes of at least 4 members (excludes halogenated alkanes) is 1. The molecule has 0 aliphatic heterocycles. The summed E-state index contributed by atoms with van der Waals surface area (Å²) in [5.41, 5.74) is 0.